The van der Waals surface area contributed by atoms with Crippen LogP contribution in [0.4, 0.5) is 0 Å². The molecule has 18 heavy (non-hydrogen) atoms. The van der Waals surface area contributed by atoms with Gasteiger partial charge in [0.1, 0.15) is 6.54 Å². The Kier molecular flexibility index (Phi) is 5.06. The summed E-state index contributed by atoms with van der Waals surface area (Å²) in [5, 5.41) is 9.81. The number of nitrogens with one attached hydrogen (secondary N) is 1. The first-order valence-electron chi connectivity index (χ1n) is 6.08. The van der Waals surface area contributed by atoms with Crippen molar-refractivity contribution in [1.82, 2.24) is 10.4 Å². The third-order valence-electron chi connectivity index (χ3n) is 3.23. The molecule has 0 atom stereocenters. The first-order valence-corrected chi connectivity index (χ1v) is 6.08. The van der Waals surface area contributed by atoms with Crippen LogP contribution < -0.4 is 16.9 Å². The predicted octanol–water partition coefficient (Wildman–Crippen LogP) is -0.977. The fourth-order valence-electron chi connectivity index (χ4n) is 2.21. The SMILES string of the molecule is CN(CC(=O)O)NC(=O)CC1(N)CCC(N)CC1. The van der Waals surface area contributed by atoms with E-state index in [9.17, 15) is 9.59 Å². The molecule has 1 amide bonds. The summed E-state index contributed by atoms with van der Waals surface area (Å²) in [6.07, 6.45) is 3.31. The van der Waals surface area contributed by atoms with Crippen molar-refractivity contribution in [3.8, 4) is 0 Å². The Hall–Kier alpha value is -1.18. The summed E-state index contributed by atoms with van der Waals surface area (Å²) in [6, 6.07) is 0.180. The van der Waals surface area contributed by atoms with Crippen molar-refractivity contribution in [2.75, 3.05) is 13.6 Å². The van der Waals surface area contributed by atoms with E-state index in [2.05, 4.69) is 5.43 Å². The highest BCUT2D eigenvalue weighted by Gasteiger charge is 2.32. The molecule has 0 heterocycles. The number of nitrogens with two attached hydrogens (primary N) is 2. The Morgan fingerprint density at radius 1 is 1.44 bits per heavy atom. The van der Waals surface area contributed by atoms with Crippen LogP contribution >= 0.6 is 0 Å². The second-order valence-electron chi connectivity index (χ2n) is 5.16. The third-order valence-corrected chi connectivity index (χ3v) is 3.23. The van der Waals surface area contributed by atoms with Gasteiger partial charge in [-0.1, -0.05) is 0 Å². The number of carboxylic acid groups (broad SMARTS) is 1. The molecule has 1 saturated carbocycles. The summed E-state index contributed by atoms with van der Waals surface area (Å²) in [5.74, 6) is -1.25. The van der Waals surface area contributed by atoms with Gasteiger partial charge in [-0.15, -0.1) is 0 Å². The van der Waals surface area contributed by atoms with Gasteiger partial charge in [0.05, 0.1) is 0 Å². The van der Waals surface area contributed by atoms with Crippen molar-refractivity contribution < 1.29 is 14.7 Å². The van der Waals surface area contributed by atoms with Gasteiger partial charge in [-0.25, -0.2) is 5.01 Å². The van der Waals surface area contributed by atoms with Gasteiger partial charge < -0.3 is 16.6 Å². The molecule has 1 aliphatic carbocycles. The molecular weight excluding hydrogens is 236 g/mol. The lowest BCUT2D eigenvalue weighted by Crippen LogP contribution is -2.51. The van der Waals surface area contributed by atoms with Gasteiger partial charge in [-0.05, 0) is 25.7 Å². The van der Waals surface area contributed by atoms with Crippen molar-refractivity contribution in [2.45, 2.75) is 43.7 Å². The fraction of sp³-hybridized carbons (Fsp3) is 0.818. The number of rotatable bonds is 5. The maximum absolute atomic E-state index is 11.7. The number of nitrogens with zero attached hydrogens (tertiary/aromatic N) is 1. The van der Waals surface area contributed by atoms with E-state index in [4.69, 9.17) is 16.6 Å². The number of hydrogen-bond acceptors (Lipinski definition) is 5. The topological polar surface area (TPSA) is 122 Å². The lowest BCUT2D eigenvalue weighted by molar-refractivity contribution is -0.139. The van der Waals surface area contributed by atoms with Gasteiger partial charge in [-0.3, -0.25) is 15.0 Å². The van der Waals surface area contributed by atoms with E-state index in [-0.39, 0.29) is 24.9 Å². The average Bonchev–Trinajstić information content (AvgIpc) is 2.21. The number of carbonyl (C=O) groups excluding carboxylic acids is 1. The van der Waals surface area contributed by atoms with E-state index >= 15 is 0 Å². The lowest BCUT2D eigenvalue weighted by Gasteiger charge is -2.35. The molecule has 104 valence electrons. The van der Waals surface area contributed by atoms with Crippen molar-refractivity contribution in [2.24, 2.45) is 11.5 Å². The van der Waals surface area contributed by atoms with E-state index in [1.165, 1.54) is 12.1 Å². The van der Waals surface area contributed by atoms with Crippen LogP contribution in [-0.2, 0) is 9.59 Å². The maximum atomic E-state index is 11.7. The van der Waals surface area contributed by atoms with E-state index in [1.807, 2.05) is 0 Å². The van der Waals surface area contributed by atoms with Gasteiger partial charge in [0.15, 0.2) is 0 Å². The number of carbonyl (C=O) groups is 2. The summed E-state index contributed by atoms with van der Waals surface area (Å²) >= 11 is 0. The lowest BCUT2D eigenvalue weighted by atomic mass is 9.78. The van der Waals surface area contributed by atoms with Crippen LogP contribution in [0.15, 0.2) is 0 Å². The molecule has 0 aromatic rings. The van der Waals surface area contributed by atoms with Crippen LogP contribution in [0.3, 0.4) is 0 Å². The molecule has 1 aliphatic rings. The Morgan fingerprint density at radius 2 is 2.00 bits per heavy atom. The molecule has 0 unspecified atom stereocenters. The Bertz CT molecular complexity index is 313. The average molecular weight is 258 g/mol. The molecule has 0 bridgehead atoms. The van der Waals surface area contributed by atoms with Crippen LogP contribution in [-0.4, -0.2) is 47.2 Å². The van der Waals surface area contributed by atoms with Crippen LogP contribution in [0, 0.1) is 0 Å². The molecular formula is C11H22N4O3. The molecule has 0 aromatic carbocycles. The molecule has 0 saturated heterocycles. The molecule has 0 radical (unpaired) electrons. The van der Waals surface area contributed by atoms with E-state index in [1.54, 1.807) is 0 Å². The number of hydrogen-bond donors (Lipinski definition) is 4. The van der Waals surface area contributed by atoms with Crippen LogP contribution in [0.1, 0.15) is 32.1 Å². The van der Waals surface area contributed by atoms with Crippen molar-refractivity contribution in [1.29, 1.82) is 0 Å². The zero-order chi connectivity index (χ0) is 13.8. The summed E-state index contributed by atoms with van der Waals surface area (Å²) in [5.41, 5.74) is 13.9. The minimum absolute atomic E-state index is 0.180. The summed E-state index contributed by atoms with van der Waals surface area (Å²) in [7, 11) is 1.51. The zero-order valence-electron chi connectivity index (χ0n) is 10.7. The highest BCUT2D eigenvalue weighted by Crippen LogP contribution is 2.28. The van der Waals surface area contributed by atoms with Gasteiger partial charge in [-0.2, -0.15) is 0 Å². The first kappa shape index (κ1) is 14.9. The molecule has 6 N–H and O–H groups in total. The highest BCUT2D eigenvalue weighted by molar-refractivity contribution is 5.77. The van der Waals surface area contributed by atoms with Gasteiger partial charge in [0, 0.05) is 25.0 Å². The van der Waals surface area contributed by atoms with E-state index in [0.29, 0.717) is 0 Å². The van der Waals surface area contributed by atoms with Gasteiger partial charge in [0.2, 0.25) is 5.91 Å². The summed E-state index contributed by atoms with van der Waals surface area (Å²) < 4.78 is 0. The van der Waals surface area contributed by atoms with E-state index < -0.39 is 11.5 Å². The van der Waals surface area contributed by atoms with Crippen LogP contribution in [0.25, 0.3) is 0 Å². The van der Waals surface area contributed by atoms with Crippen LogP contribution in [0.2, 0.25) is 0 Å². The molecule has 7 nitrogen and oxygen atoms in total. The van der Waals surface area contributed by atoms with Gasteiger partial charge in [0.25, 0.3) is 0 Å². The van der Waals surface area contributed by atoms with Crippen molar-refractivity contribution >= 4 is 11.9 Å². The molecule has 0 spiro atoms. The Labute approximate surface area is 106 Å². The normalized spacial score (nSPS) is 28.1. The van der Waals surface area contributed by atoms with Crippen molar-refractivity contribution in [3.05, 3.63) is 0 Å². The zero-order valence-corrected chi connectivity index (χ0v) is 10.7. The molecule has 1 fully saturated rings. The quantitative estimate of drug-likeness (QED) is 0.470. The second kappa shape index (κ2) is 6.12. The fourth-order valence-corrected chi connectivity index (χ4v) is 2.21. The summed E-state index contributed by atoms with van der Waals surface area (Å²) in [6.45, 7) is -0.242. The second-order valence-corrected chi connectivity index (χ2v) is 5.16. The Balaban J connectivity index is 2.37. The van der Waals surface area contributed by atoms with E-state index in [0.717, 1.165) is 25.7 Å². The number of aliphatic carboxylic acids is 1. The molecule has 1 rings (SSSR count). The monoisotopic (exact) mass is 258 g/mol. The van der Waals surface area contributed by atoms with Crippen molar-refractivity contribution in [3.63, 3.8) is 0 Å². The summed E-state index contributed by atoms with van der Waals surface area (Å²) in [4.78, 5) is 22.2. The number of amides is 1. The predicted molar refractivity (Wildman–Crippen MR) is 66.4 cm³/mol. The number of likely N-dealkylation sites (N-methyl/N-ethyl adjacent to an activating group) is 1. The van der Waals surface area contributed by atoms with Crippen LogP contribution in [0.5, 0.6) is 0 Å². The minimum atomic E-state index is -0.996. The molecule has 0 aliphatic heterocycles. The molecule has 7 heteroatoms. The highest BCUT2D eigenvalue weighted by atomic mass is 16.4. The largest absolute Gasteiger partial charge is 0.480 e. The maximum Gasteiger partial charge on any atom is 0.319 e. The number of hydrazine groups is 1. The Morgan fingerprint density at radius 3 is 2.50 bits per heavy atom. The number of carboxylic acids is 1. The minimum Gasteiger partial charge on any atom is -0.480 e. The first-order chi connectivity index (χ1) is 8.31. The standard InChI is InChI=1S/C11H22N4O3/c1-15(7-10(17)18)14-9(16)6-11(13)4-2-8(12)3-5-11/h8H,2-7,12-13H2,1H3,(H,14,16)(H,17,18). The third kappa shape index (κ3) is 4.99. The molecule has 0 aromatic heterocycles. The smallest absolute Gasteiger partial charge is 0.319 e. The van der Waals surface area contributed by atoms with Gasteiger partial charge >= 0.3 is 5.97 Å².